The van der Waals surface area contributed by atoms with E-state index in [-0.39, 0.29) is 0 Å². The van der Waals surface area contributed by atoms with Crippen LogP contribution in [0.5, 0.6) is 0 Å². The lowest BCUT2D eigenvalue weighted by Crippen LogP contribution is -2.01. The highest BCUT2D eigenvalue weighted by Gasteiger charge is 2.07. The van der Waals surface area contributed by atoms with Gasteiger partial charge in [0.05, 0.1) is 0 Å². The third kappa shape index (κ3) is 1.43. The van der Waals surface area contributed by atoms with Gasteiger partial charge in [0.1, 0.15) is 0 Å². The van der Waals surface area contributed by atoms with Crippen molar-refractivity contribution in [2.75, 3.05) is 5.75 Å². The fourth-order valence-corrected chi connectivity index (χ4v) is 2.49. The number of thioether (sulfide) groups is 1. The van der Waals surface area contributed by atoms with Gasteiger partial charge in [-0.15, -0.1) is 0 Å². The van der Waals surface area contributed by atoms with Gasteiger partial charge in [0, 0.05) is 5.75 Å². The van der Waals surface area contributed by atoms with Gasteiger partial charge in [-0.25, -0.2) is 0 Å². The molecule has 11 heavy (non-hydrogen) atoms. The van der Waals surface area contributed by atoms with E-state index in [1.165, 1.54) is 23.5 Å². The van der Waals surface area contributed by atoms with Crippen molar-refractivity contribution in [3.05, 3.63) is 34.9 Å². The largest absolute Gasteiger partial charge is 0.157 e. The van der Waals surface area contributed by atoms with Crippen molar-refractivity contribution in [2.45, 2.75) is 19.1 Å². The molecule has 0 radical (unpaired) electrons. The third-order valence-electron chi connectivity index (χ3n) is 2.14. The number of aryl methyl sites for hydroxylation is 2. The van der Waals surface area contributed by atoms with Gasteiger partial charge in [-0.05, 0) is 30.2 Å². The van der Waals surface area contributed by atoms with Crippen molar-refractivity contribution in [3.63, 3.8) is 0 Å². The Bertz CT molecular complexity index is 266. The number of fused-ring (bicyclic) bond motifs is 1. The third-order valence-corrected chi connectivity index (χ3v) is 3.14. The molecule has 0 aromatic heterocycles. The summed E-state index contributed by atoms with van der Waals surface area (Å²) >= 11 is 2.05. The minimum Gasteiger partial charge on any atom is -0.157 e. The van der Waals surface area contributed by atoms with E-state index in [2.05, 4.69) is 25.1 Å². The lowest BCUT2D eigenvalue weighted by Gasteiger charge is -2.15. The summed E-state index contributed by atoms with van der Waals surface area (Å²) in [6.45, 7) is 2.17. The van der Waals surface area contributed by atoms with Crippen molar-refractivity contribution in [2.24, 2.45) is 0 Å². The lowest BCUT2D eigenvalue weighted by atomic mass is 10.0. The monoisotopic (exact) mass is 164 g/mol. The maximum Gasteiger partial charge on any atom is 0.0187 e. The molecule has 1 aromatic carbocycles. The highest BCUT2D eigenvalue weighted by Crippen LogP contribution is 2.24. The molecule has 1 heteroatoms. The molecule has 0 saturated carbocycles. The van der Waals surface area contributed by atoms with Gasteiger partial charge in [-0.1, -0.05) is 23.8 Å². The van der Waals surface area contributed by atoms with E-state index in [0.29, 0.717) is 0 Å². The number of hydrogen-bond donors (Lipinski definition) is 0. The summed E-state index contributed by atoms with van der Waals surface area (Å²) in [7, 11) is 0. The summed E-state index contributed by atoms with van der Waals surface area (Å²) in [5, 5.41) is 0. The highest BCUT2D eigenvalue weighted by atomic mass is 32.2. The van der Waals surface area contributed by atoms with Crippen LogP contribution >= 0.6 is 11.8 Å². The minimum absolute atomic E-state index is 1.22. The zero-order valence-electron chi connectivity index (χ0n) is 6.76. The normalized spacial score (nSPS) is 16.1. The molecule has 0 nitrogen and oxygen atoms in total. The van der Waals surface area contributed by atoms with Crippen LogP contribution in [-0.2, 0) is 12.2 Å². The van der Waals surface area contributed by atoms with Crippen LogP contribution in [0, 0.1) is 6.92 Å². The minimum atomic E-state index is 1.22. The van der Waals surface area contributed by atoms with Crippen LogP contribution < -0.4 is 0 Å². The fraction of sp³-hybridized carbons (Fsp3) is 0.400. The molecule has 0 fully saturated rings. The zero-order chi connectivity index (χ0) is 7.68. The average Bonchev–Trinajstić information content (AvgIpc) is 2.04. The van der Waals surface area contributed by atoms with Gasteiger partial charge in [0.2, 0.25) is 0 Å². The molecule has 0 atom stereocenters. The van der Waals surface area contributed by atoms with Crippen LogP contribution in [0.3, 0.4) is 0 Å². The second kappa shape index (κ2) is 2.90. The molecule has 1 heterocycles. The Kier molecular flexibility index (Phi) is 1.91. The topological polar surface area (TPSA) is 0 Å². The Morgan fingerprint density at radius 1 is 1.27 bits per heavy atom. The zero-order valence-corrected chi connectivity index (χ0v) is 7.58. The van der Waals surface area contributed by atoms with Gasteiger partial charge in [0.25, 0.3) is 0 Å². The molecular formula is C10H12S. The first-order valence-electron chi connectivity index (χ1n) is 4.02. The summed E-state index contributed by atoms with van der Waals surface area (Å²) in [6.07, 6.45) is 1.26. The van der Waals surface area contributed by atoms with Crippen LogP contribution in [0.15, 0.2) is 18.2 Å². The van der Waals surface area contributed by atoms with Crippen LogP contribution in [0.25, 0.3) is 0 Å². The Labute approximate surface area is 72.0 Å². The molecule has 2 rings (SSSR count). The van der Waals surface area contributed by atoms with Crippen LogP contribution in [0.2, 0.25) is 0 Å². The molecule has 1 aromatic rings. The van der Waals surface area contributed by atoms with Gasteiger partial charge < -0.3 is 0 Å². The van der Waals surface area contributed by atoms with Crippen LogP contribution in [0.4, 0.5) is 0 Å². The molecule has 1 aliphatic heterocycles. The van der Waals surface area contributed by atoms with Crippen molar-refractivity contribution >= 4 is 11.8 Å². The van der Waals surface area contributed by atoms with Gasteiger partial charge in [0.15, 0.2) is 0 Å². The quantitative estimate of drug-likeness (QED) is 0.568. The van der Waals surface area contributed by atoms with Crippen molar-refractivity contribution < 1.29 is 0 Å². The molecule has 0 unspecified atom stereocenters. The first-order chi connectivity index (χ1) is 5.36. The maximum atomic E-state index is 2.32. The van der Waals surface area contributed by atoms with Crippen LogP contribution in [-0.4, -0.2) is 5.75 Å². The lowest BCUT2D eigenvalue weighted by molar-refractivity contribution is 1.08. The molecule has 0 bridgehead atoms. The van der Waals surface area contributed by atoms with Gasteiger partial charge in [-0.2, -0.15) is 11.8 Å². The molecule has 1 aliphatic rings. The second-order valence-electron chi connectivity index (χ2n) is 3.07. The van der Waals surface area contributed by atoms with Crippen molar-refractivity contribution in [1.29, 1.82) is 0 Å². The molecule has 0 spiro atoms. The summed E-state index contributed by atoms with van der Waals surface area (Å²) < 4.78 is 0. The maximum absolute atomic E-state index is 2.32. The molecular weight excluding hydrogens is 152 g/mol. The summed E-state index contributed by atoms with van der Waals surface area (Å²) in [4.78, 5) is 0. The van der Waals surface area contributed by atoms with Gasteiger partial charge >= 0.3 is 0 Å². The first kappa shape index (κ1) is 7.23. The Balaban J connectivity index is 2.43. The Morgan fingerprint density at radius 2 is 2.18 bits per heavy atom. The summed E-state index contributed by atoms with van der Waals surface area (Å²) in [5.74, 6) is 2.52. The SMILES string of the molecule is Cc1ccc2c(c1)CSCC2. The number of hydrogen-bond acceptors (Lipinski definition) is 1. The first-order valence-corrected chi connectivity index (χ1v) is 5.18. The van der Waals surface area contributed by atoms with Crippen molar-refractivity contribution in [3.8, 4) is 0 Å². The average molecular weight is 164 g/mol. The number of benzene rings is 1. The van der Waals surface area contributed by atoms with Crippen LogP contribution in [0.1, 0.15) is 16.7 Å². The molecule has 0 N–H and O–H groups in total. The second-order valence-corrected chi connectivity index (χ2v) is 4.18. The summed E-state index contributed by atoms with van der Waals surface area (Å²) in [6, 6.07) is 6.82. The van der Waals surface area contributed by atoms with E-state index < -0.39 is 0 Å². The van der Waals surface area contributed by atoms with E-state index in [1.807, 2.05) is 11.8 Å². The highest BCUT2D eigenvalue weighted by molar-refractivity contribution is 7.98. The molecule has 0 saturated heterocycles. The Hall–Kier alpha value is -0.430. The van der Waals surface area contributed by atoms with E-state index in [0.717, 1.165) is 0 Å². The van der Waals surface area contributed by atoms with Gasteiger partial charge in [-0.3, -0.25) is 0 Å². The van der Waals surface area contributed by atoms with E-state index in [1.54, 1.807) is 11.1 Å². The Morgan fingerprint density at radius 3 is 3.09 bits per heavy atom. The molecule has 0 aliphatic carbocycles. The van der Waals surface area contributed by atoms with E-state index in [9.17, 15) is 0 Å². The van der Waals surface area contributed by atoms with E-state index >= 15 is 0 Å². The fourth-order valence-electron chi connectivity index (χ4n) is 1.50. The predicted octanol–water partition coefficient (Wildman–Crippen LogP) is 2.78. The molecule has 0 amide bonds. The predicted molar refractivity (Wildman–Crippen MR) is 51.0 cm³/mol. The summed E-state index contributed by atoms with van der Waals surface area (Å²) in [5.41, 5.74) is 4.52. The smallest absolute Gasteiger partial charge is 0.0187 e. The number of rotatable bonds is 0. The standard InChI is InChI=1S/C10H12S/c1-8-2-3-9-4-5-11-7-10(9)6-8/h2-3,6H,4-5,7H2,1H3. The van der Waals surface area contributed by atoms with Crippen molar-refractivity contribution in [1.82, 2.24) is 0 Å². The molecule has 58 valence electrons. The van der Waals surface area contributed by atoms with E-state index in [4.69, 9.17) is 0 Å².